The van der Waals surface area contributed by atoms with Crippen LogP contribution >= 0.6 is 0 Å². The van der Waals surface area contributed by atoms with E-state index in [-0.39, 0.29) is 17.4 Å². The fourth-order valence-electron chi connectivity index (χ4n) is 3.94. The third-order valence-electron chi connectivity index (χ3n) is 5.41. The summed E-state index contributed by atoms with van der Waals surface area (Å²) in [5.41, 5.74) is 4.09. The van der Waals surface area contributed by atoms with Crippen molar-refractivity contribution in [2.24, 2.45) is 0 Å². The van der Waals surface area contributed by atoms with Crippen molar-refractivity contribution < 1.29 is 4.79 Å². The Kier molecular flexibility index (Phi) is 5.16. The number of aromatic amines is 1. The smallest absolute Gasteiger partial charge is 0.328 e. The quantitative estimate of drug-likeness (QED) is 0.636. The van der Waals surface area contributed by atoms with Gasteiger partial charge in [-0.15, -0.1) is 0 Å². The van der Waals surface area contributed by atoms with Crippen molar-refractivity contribution in [3.8, 4) is 11.1 Å². The third-order valence-corrected chi connectivity index (χ3v) is 5.41. The van der Waals surface area contributed by atoms with Gasteiger partial charge in [-0.1, -0.05) is 48.5 Å². The zero-order valence-electron chi connectivity index (χ0n) is 16.3. The van der Waals surface area contributed by atoms with Crippen molar-refractivity contribution in [1.29, 1.82) is 0 Å². The molecule has 0 fully saturated rings. The van der Waals surface area contributed by atoms with Crippen LogP contribution in [0.15, 0.2) is 64.3 Å². The molecule has 1 aliphatic carbocycles. The number of carbonyl (C=O) groups excluding carboxylic acids is 1. The standard InChI is InChI=1S/C23H23N3O3/c1-15-14-26(23(29)25-21(15)27)13-7-6-12-24-22(28)20-18-10-4-2-8-16(18)17-9-3-5-11-19(17)20/h2-5,8-11,14,20H,6-7,12-13H2,1H3,(H,24,28)(H,25,27,29). The van der Waals surface area contributed by atoms with Gasteiger partial charge in [0.05, 0.1) is 5.92 Å². The van der Waals surface area contributed by atoms with Crippen molar-refractivity contribution >= 4 is 5.91 Å². The molecule has 1 aromatic heterocycles. The number of amides is 1. The summed E-state index contributed by atoms with van der Waals surface area (Å²) < 4.78 is 1.50. The number of rotatable bonds is 6. The highest BCUT2D eigenvalue weighted by Gasteiger charge is 2.32. The number of carbonyl (C=O) groups is 1. The van der Waals surface area contributed by atoms with Crippen LogP contribution < -0.4 is 16.6 Å². The van der Waals surface area contributed by atoms with Gasteiger partial charge in [0.15, 0.2) is 0 Å². The normalized spacial score (nSPS) is 12.4. The van der Waals surface area contributed by atoms with Crippen molar-refractivity contribution in [3.05, 3.63) is 92.3 Å². The van der Waals surface area contributed by atoms with Gasteiger partial charge in [0.2, 0.25) is 5.91 Å². The van der Waals surface area contributed by atoms with E-state index in [1.807, 2.05) is 36.4 Å². The molecule has 0 saturated carbocycles. The molecule has 1 amide bonds. The molecule has 2 aromatic carbocycles. The summed E-state index contributed by atoms with van der Waals surface area (Å²) in [4.78, 5) is 38.5. The van der Waals surface area contributed by atoms with Crippen molar-refractivity contribution in [1.82, 2.24) is 14.9 Å². The molecule has 0 unspecified atom stereocenters. The Morgan fingerprint density at radius 2 is 1.62 bits per heavy atom. The zero-order chi connectivity index (χ0) is 20.4. The van der Waals surface area contributed by atoms with Gasteiger partial charge in [-0.25, -0.2) is 4.79 Å². The molecule has 6 nitrogen and oxygen atoms in total. The molecule has 2 N–H and O–H groups in total. The summed E-state index contributed by atoms with van der Waals surface area (Å²) in [7, 11) is 0. The molecule has 0 atom stereocenters. The molecule has 0 bridgehead atoms. The zero-order valence-corrected chi connectivity index (χ0v) is 16.3. The summed E-state index contributed by atoms with van der Waals surface area (Å²) in [6, 6.07) is 16.1. The average molecular weight is 389 g/mol. The minimum Gasteiger partial charge on any atom is -0.355 e. The highest BCUT2D eigenvalue weighted by Crippen LogP contribution is 2.44. The van der Waals surface area contributed by atoms with E-state index in [2.05, 4.69) is 22.4 Å². The van der Waals surface area contributed by atoms with Crippen LogP contribution in [0.5, 0.6) is 0 Å². The monoisotopic (exact) mass is 389 g/mol. The molecule has 3 aromatic rings. The Morgan fingerprint density at radius 1 is 1.00 bits per heavy atom. The molecule has 6 heteroatoms. The minimum atomic E-state index is -0.399. The molecule has 0 aliphatic heterocycles. The van der Waals surface area contributed by atoms with Crippen molar-refractivity contribution in [2.45, 2.75) is 32.2 Å². The fraction of sp³-hybridized carbons (Fsp3) is 0.261. The van der Waals surface area contributed by atoms with Gasteiger partial charge in [-0.3, -0.25) is 14.6 Å². The van der Waals surface area contributed by atoms with Crippen LogP contribution in [-0.2, 0) is 11.3 Å². The first kappa shape index (κ1) is 18.9. The first-order chi connectivity index (χ1) is 14.1. The molecular formula is C23H23N3O3. The number of hydrogen-bond donors (Lipinski definition) is 2. The SMILES string of the molecule is Cc1cn(CCCCNC(=O)C2c3ccccc3-c3ccccc32)c(=O)[nH]c1=O. The predicted molar refractivity (Wildman–Crippen MR) is 112 cm³/mol. The lowest BCUT2D eigenvalue weighted by molar-refractivity contribution is -0.121. The first-order valence-corrected chi connectivity index (χ1v) is 9.82. The summed E-state index contributed by atoms with van der Waals surface area (Å²) in [6.07, 6.45) is 3.04. The average Bonchev–Trinajstić information content (AvgIpc) is 3.06. The first-order valence-electron chi connectivity index (χ1n) is 9.82. The van der Waals surface area contributed by atoms with Crippen LogP contribution in [0.3, 0.4) is 0 Å². The molecule has 4 rings (SSSR count). The second-order valence-corrected chi connectivity index (χ2v) is 7.37. The number of aryl methyl sites for hydroxylation is 2. The Hall–Kier alpha value is -3.41. The maximum atomic E-state index is 12.9. The number of nitrogens with zero attached hydrogens (tertiary/aromatic N) is 1. The van der Waals surface area contributed by atoms with Gasteiger partial charge >= 0.3 is 5.69 Å². The molecule has 0 saturated heterocycles. The Bertz CT molecular complexity index is 1130. The molecule has 1 aliphatic rings. The summed E-state index contributed by atoms with van der Waals surface area (Å²) in [6.45, 7) is 2.71. The second-order valence-electron chi connectivity index (χ2n) is 7.37. The van der Waals surface area contributed by atoms with E-state index < -0.39 is 5.69 Å². The van der Waals surface area contributed by atoms with Crippen LogP contribution in [0.1, 0.15) is 35.4 Å². The lowest BCUT2D eigenvalue weighted by Gasteiger charge is -2.14. The van der Waals surface area contributed by atoms with Crippen LogP contribution in [0, 0.1) is 6.92 Å². The highest BCUT2D eigenvalue weighted by molar-refractivity contribution is 5.96. The molecule has 0 radical (unpaired) electrons. The van der Waals surface area contributed by atoms with Crippen molar-refractivity contribution in [2.75, 3.05) is 6.54 Å². The van der Waals surface area contributed by atoms with Gasteiger partial charge in [0, 0.05) is 24.8 Å². The Balaban J connectivity index is 1.37. The van der Waals surface area contributed by atoms with Crippen LogP contribution in [0.4, 0.5) is 0 Å². The predicted octanol–water partition coefficient (Wildman–Crippen LogP) is 2.55. The maximum Gasteiger partial charge on any atom is 0.328 e. The summed E-state index contributed by atoms with van der Waals surface area (Å²) >= 11 is 0. The van der Waals surface area contributed by atoms with E-state index in [4.69, 9.17) is 0 Å². The van der Waals surface area contributed by atoms with Gasteiger partial charge < -0.3 is 9.88 Å². The lowest BCUT2D eigenvalue weighted by atomic mass is 9.96. The van der Waals surface area contributed by atoms with E-state index in [1.54, 1.807) is 13.1 Å². The summed E-state index contributed by atoms with van der Waals surface area (Å²) in [5, 5.41) is 3.04. The van der Waals surface area contributed by atoms with E-state index in [1.165, 1.54) is 4.57 Å². The molecule has 29 heavy (non-hydrogen) atoms. The lowest BCUT2D eigenvalue weighted by Crippen LogP contribution is -2.32. The Labute approximate surface area is 168 Å². The Morgan fingerprint density at radius 3 is 2.28 bits per heavy atom. The number of aromatic nitrogens is 2. The molecule has 1 heterocycles. The number of unbranched alkanes of at least 4 members (excludes halogenated alkanes) is 1. The fourth-order valence-corrected chi connectivity index (χ4v) is 3.94. The second kappa shape index (κ2) is 7.91. The van der Waals surface area contributed by atoms with Gasteiger partial charge in [-0.05, 0) is 42.0 Å². The van der Waals surface area contributed by atoms with Crippen molar-refractivity contribution in [3.63, 3.8) is 0 Å². The number of hydrogen-bond acceptors (Lipinski definition) is 3. The highest BCUT2D eigenvalue weighted by atomic mass is 16.2. The van der Waals surface area contributed by atoms with Crippen LogP contribution in [0.2, 0.25) is 0 Å². The van der Waals surface area contributed by atoms with Gasteiger partial charge in [-0.2, -0.15) is 0 Å². The van der Waals surface area contributed by atoms with E-state index >= 15 is 0 Å². The molecule has 0 spiro atoms. The summed E-state index contributed by atoms with van der Waals surface area (Å²) in [5.74, 6) is -0.286. The van der Waals surface area contributed by atoms with Gasteiger partial charge in [0.25, 0.3) is 5.56 Å². The van der Waals surface area contributed by atoms with Gasteiger partial charge in [0.1, 0.15) is 0 Å². The topological polar surface area (TPSA) is 84.0 Å². The van der Waals surface area contributed by atoms with E-state index in [0.29, 0.717) is 18.7 Å². The largest absolute Gasteiger partial charge is 0.355 e. The van der Waals surface area contributed by atoms with E-state index in [0.717, 1.165) is 35.1 Å². The van der Waals surface area contributed by atoms with E-state index in [9.17, 15) is 14.4 Å². The van der Waals surface area contributed by atoms with Crippen LogP contribution in [-0.4, -0.2) is 22.0 Å². The molecule has 148 valence electrons. The molecular weight excluding hydrogens is 366 g/mol. The van der Waals surface area contributed by atoms with Crippen LogP contribution in [0.25, 0.3) is 11.1 Å². The number of benzene rings is 2. The number of H-pyrrole nitrogens is 1. The maximum absolute atomic E-state index is 12.9. The number of fused-ring (bicyclic) bond motifs is 3. The minimum absolute atomic E-state index is 0.000507. The number of nitrogens with one attached hydrogen (secondary N) is 2. The third kappa shape index (κ3) is 3.66.